The first-order chi connectivity index (χ1) is 8.74. The Hall–Kier alpha value is -1.35. The van der Waals surface area contributed by atoms with Gasteiger partial charge < -0.3 is 9.47 Å². The van der Waals surface area contributed by atoms with E-state index in [9.17, 15) is 4.79 Å². The molecular weight excluding hydrogens is 228 g/mol. The minimum Gasteiger partial charge on any atom is -0.487 e. The molecule has 2 unspecified atom stereocenters. The number of hydrogen-bond acceptors (Lipinski definition) is 3. The first kappa shape index (κ1) is 13.1. The smallest absolute Gasteiger partial charge is 0.169 e. The second kappa shape index (κ2) is 6.01. The summed E-state index contributed by atoms with van der Waals surface area (Å²) in [5.74, 6) is 0.942. The molecule has 2 atom stereocenters. The molecule has 2 rings (SSSR count). The van der Waals surface area contributed by atoms with Crippen LogP contribution in [0.15, 0.2) is 24.3 Å². The monoisotopic (exact) mass is 248 g/mol. The third-order valence-electron chi connectivity index (χ3n) is 3.34. The number of methoxy groups -OCH3 is 1. The van der Waals surface area contributed by atoms with Gasteiger partial charge in [0.25, 0.3) is 0 Å². The molecule has 1 fully saturated rings. The normalized spacial score (nSPS) is 22.7. The average Bonchev–Trinajstić information content (AvgIpc) is 2.37. The van der Waals surface area contributed by atoms with E-state index in [1.165, 1.54) is 18.4 Å². The van der Waals surface area contributed by atoms with Gasteiger partial charge in [0.05, 0.1) is 0 Å². The Bertz CT molecular complexity index is 397. The van der Waals surface area contributed by atoms with Crippen LogP contribution in [-0.2, 0) is 16.0 Å². The van der Waals surface area contributed by atoms with E-state index in [2.05, 4.69) is 19.1 Å². The summed E-state index contributed by atoms with van der Waals surface area (Å²) < 4.78 is 10.8. The summed E-state index contributed by atoms with van der Waals surface area (Å²) in [7, 11) is 1.55. The first-order valence-electron chi connectivity index (χ1n) is 6.55. The number of hydrogen-bond donors (Lipinski definition) is 0. The van der Waals surface area contributed by atoms with Gasteiger partial charge in [0, 0.05) is 13.5 Å². The Morgan fingerprint density at radius 2 is 2.00 bits per heavy atom. The average molecular weight is 248 g/mol. The largest absolute Gasteiger partial charge is 0.487 e. The van der Waals surface area contributed by atoms with Crippen molar-refractivity contribution in [3.05, 3.63) is 29.8 Å². The Morgan fingerprint density at radius 1 is 1.28 bits per heavy atom. The number of ketones is 1. The van der Waals surface area contributed by atoms with Gasteiger partial charge in [0.2, 0.25) is 0 Å². The lowest BCUT2D eigenvalue weighted by Gasteiger charge is -2.33. The molecule has 0 N–H and O–H groups in total. The number of unbranched alkanes of at least 4 members (excludes halogenated alkanes) is 1. The fourth-order valence-electron chi connectivity index (χ4n) is 2.15. The second-order valence-corrected chi connectivity index (χ2v) is 4.73. The highest BCUT2D eigenvalue weighted by Gasteiger charge is 2.41. The Balaban J connectivity index is 1.88. The lowest BCUT2D eigenvalue weighted by atomic mass is 9.90. The van der Waals surface area contributed by atoms with Crippen molar-refractivity contribution in [3.8, 4) is 5.75 Å². The molecule has 1 aromatic rings. The zero-order valence-electron chi connectivity index (χ0n) is 11.0. The van der Waals surface area contributed by atoms with Gasteiger partial charge in [-0.3, -0.25) is 4.79 Å². The van der Waals surface area contributed by atoms with E-state index in [-0.39, 0.29) is 18.0 Å². The SMILES string of the molecule is CCCCc1ccc(OC2CC(=O)C2OC)cc1. The predicted molar refractivity (Wildman–Crippen MR) is 69.9 cm³/mol. The van der Waals surface area contributed by atoms with E-state index in [0.29, 0.717) is 6.42 Å². The molecule has 0 bridgehead atoms. The van der Waals surface area contributed by atoms with Crippen molar-refractivity contribution in [1.29, 1.82) is 0 Å². The Morgan fingerprint density at radius 3 is 2.56 bits per heavy atom. The lowest BCUT2D eigenvalue weighted by molar-refractivity contribution is -0.150. The van der Waals surface area contributed by atoms with Gasteiger partial charge in [0.1, 0.15) is 11.9 Å². The van der Waals surface area contributed by atoms with Crippen LogP contribution < -0.4 is 4.74 Å². The summed E-state index contributed by atoms with van der Waals surface area (Å²) in [5, 5.41) is 0. The maximum atomic E-state index is 11.2. The Kier molecular flexibility index (Phi) is 4.37. The second-order valence-electron chi connectivity index (χ2n) is 4.73. The highest BCUT2D eigenvalue weighted by Crippen LogP contribution is 2.25. The van der Waals surface area contributed by atoms with Crippen LogP contribution >= 0.6 is 0 Å². The van der Waals surface area contributed by atoms with E-state index in [1.807, 2.05) is 12.1 Å². The van der Waals surface area contributed by atoms with Crippen LogP contribution in [0.25, 0.3) is 0 Å². The minimum atomic E-state index is -0.384. The van der Waals surface area contributed by atoms with Crippen LogP contribution in [-0.4, -0.2) is 25.1 Å². The molecule has 1 aliphatic carbocycles. The van der Waals surface area contributed by atoms with Crippen molar-refractivity contribution in [2.75, 3.05) is 7.11 Å². The molecule has 0 spiro atoms. The maximum absolute atomic E-state index is 11.2. The molecule has 0 radical (unpaired) electrons. The van der Waals surface area contributed by atoms with Crippen LogP contribution in [0.2, 0.25) is 0 Å². The van der Waals surface area contributed by atoms with Crippen molar-refractivity contribution in [2.24, 2.45) is 0 Å². The topological polar surface area (TPSA) is 35.5 Å². The van der Waals surface area contributed by atoms with E-state index < -0.39 is 0 Å². The van der Waals surface area contributed by atoms with Gasteiger partial charge in [-0.2, -0.15) is 0 Å². The quantitative estimate of drug-likeness (QED) is 0.776. The number of carbonyl (C=O) groups excluding carboxylic acids is 1. The summed E-state index contributed by atoms with van der Waals surface area (Å²) >= 11 is 0. The zero-order valence-corrected chi connectivity index (χ0v) is 11.0. The van der Waals surface area contributed by atoms with Gasteiger partial charge in [0.15, 0.2) is 11.9 Å². The van der Waals surface area contributed by atoms with Gasteiger partial charge in [-0.05, 0) is 30.5 Å². The maximum Gasteiger partial charge on any atom is 0.169 e. The van der Waals surface area contributed by atoms with Gasteiger partial charge in [-0.15, -0.1) is 0 Å². The molecule has 18 heavy (non-hydrogen) atoms. The zero-order chi connectivity index (χ0) is 13.0. The number of aryl methyl sites for hydroxylation is 1. The molecule has 1 aromatic carbocycles. The highest BCUT2D eigenvalue weighted by atomic mass is 16.5. The van der Waals surface area contributed by atoms with E-state index in [1.54, 1.807) is 7.11 Å². The number of carbonyl (C=O) groups is 1. The molecule has 3 heteroatoms. The molecular formula is C15H20O3. The van der Waals surface area contributed by atoms with Crippen molar-refractivity contribution < 1.29 is 14.3 Å². The van der Waals surface area contributed by atoms with Crippen LogP contribution in [0.1, 0.15) is 31.7 Å². The molecule has 0 saturated heterocycles. The number of benzene rings is 1. The molecule has 0 heterocycles. The third kappa shape index (κ3) is 2.91. The number of rotatable bonds is 6. The predicted octanol–water partition coefficient (Wildman–Crippen LogP) is 2.76. The van der Waals surface area contributed by atoms with E-state index in [0.717, 1.165) is 12.2 Å². The van der Waals surface area contributed by atoms with Gasteiger partial charge in [-0.1, -0.05) is 25.5 Å². The van der Waals surface area contributed by atoms with Crippen molar-refractivity contribution in [3.63, 3.8) is 0 Å². The molecule has 0 aliphatic heterocycles. The molecule has 0 aromatic heterocycles. The standard InChI is InChI=1S/C15H20O3/c1-3-4-5-11-6-8-12(9-7-11)18-14-10-13(16)15(14)17-2/h6-9,14-15H,3-5,10H2,1-2H3. The van der Waals surface area contributed by atoms with Crippen LogP contribution in [0, 0.1) is 0 Å². The summed E-state index contributed by atoms with van der Waals surface area (Å²) in [6.45, 7) is 2.19. The van der Waals surface area contributed by atoms with Crippen LogP contribution in [0.4, 0.5) is 0 Å². The van der Waals surface area contributed by atoms with Gasteiger partial charge >= 0.3 is 0 Å². The van der Waals surface area contributed by atoms with E-state index in [4.69, 9.17) is 9.47 Å². The molecule has 3 nitrogen and oxygen atoms in total. The van der Waals surface area contributed by atoms with Crippen LogP contribution in [0.3, 0.4) is 0 Å². The van der Waals surface area contributed by atoms with Crippen molar-refractivity contribution in [1.82, 2.24) is 0 Å². The molecule has 98 valence electrons. The van der Waals surface area contributed by atoms with E-state index >= 15 is 0 Å². The Labute approximate surface area is 108 Å². The summed E-state index contributed by atoms with van der Waals surface area (Å²) in [6.07, 6.45) is 3.48. The fourth-order valence-corrected chi connectivity index (χ4v) is 2.15. The minimum absolute atomic E-state index is 0.121. The fraction of sp³-hybridized carbons (Fsp3) is 0.533. The number of ether oxygens (including phenoxy) is 2. The highest BCUT2D eigenvalue weighted by molar-refractivity contribution is 5.90. The van der Waals surface area contributed by atoms with Crippen molar-refractivity contribution in [2.45, 2.75) is 44.8 Å². The molecule has 0 amide bonds. The first-order valence-corrected chi connectivity index (χ1v) is 6.55. The summed E-state index contributed by atoms with van der Waals surface area (Å²) in [6, 6.07) is 8.13. The summed E-state index contributed by atoms with van der Waals surface area (Å²) in [5.41, 5.74) is 1.33. The molecule has 1 aliphatic rings. The third-order valence-corrected chi connectivity index (χ3v) is 3.34. The van der Waals surface area contributed by atoms with Crippen molar-refractivity contribution >= 4 is 5.78 Å². The van der Waals surface area contributed by atoms with Crippen LogP contribution in [0.5, 0.6) is 5.75 Å². The molecule has 1 saturated carbocycles. The lowest BCUT2D eigenvalue weighted by Crippen LogP contribution is -2.51. The number of Topliss-reactive ketones (excluding diaryl/α,β-unsaturated/α-hetero) is 1. The summed E-state index contributed by atoms with van der Waals surface area (Å²) in [4.78, 5) is 11.2. The van der Waals surface area contributed by atoms with Gasteiger partial charge in [-0.25, -0.2) is 0 Å².